The summed E-state index contributed by atoms with van der Waals surface area (Å²) < 4.78 is 26.9. The minimum Gasteiger partial charge on any atom is -0.497 e. The van der Waals surface area contributed by atoms with E-state index in [9.17, 15) is 4.39 Å². The Bertz CT molecular complexity index is 911. The summed E-state index contributed by atoms with van der Waals surface area (Å²) >= 11 is 0. The maximum Gasteiger partial charge on any atom is 0.123 e. The molecule has 1 N–H and O–H groups in total. The van der Waals surface area contributed by atoms with Gasteiger partial charge in [0.15, 0.2) is 0 Å². The largest absolute Gasteiger partial charge is 0.497 e. The highest BCUT2D eigenvalue weighted by molar-refractivity contribution is 5.66. The van der Waals surface area contributed by atoms with E-state index in [1.54, 1.807) is 7.11 Å². The van der Waals surface area contributed by atoms with Crippen LogP contribution in [0.5, 0.6) is 5.75 Å². The van der Waals surface area contributed by atoms with Gasteiger partial charge in [-0.05, 0) is 67.1 Å². The molecule has 1 saturated heterocycles. The summed E-state index contributed by atoms with van der Waals surface area (Å²) in [5.74, 6) is 0.574. The highest BCUT2D eigenvalue weighted by Crippen LogP contribution is 2.34. The fraction of sp³-hybridized carbons (Fsp3) is 0.273. The maximum absolute atomic E-state index is 13.4. The first-order valence-electron chi connectivity index (χ1n) is 9.12. The molecular weight excluding hydrogens is 343 g/mol. The van der Waals surface area contributed by atoms with Crippen LogP contribution < -0.4 is 10.1 Å². The van der Waals surface area contributed by atoms with Crippen LogP contribution in [0.2, 0.25) is 0 Å². The lowest BCUT2D eigenvalue weighted by atomic mass is 10.1. The van der Waals surface area contributed by atoms with E-state index in [0.29, 0.717) is 6.61 Å². The van der Waals surface area contributed by atoms with Gasteiger partial charge in [-0.1, -0.05) is 0 Å². The molecule has 1 unspecified atom stereocenters. The number of ether oxygens (including phenoxy) is 2. The molecule has 1 atom stereocenters. The summed E-state index contributed by atoms with van der Waals surface area (Å²) in [7, 11) is 1.66. The first kappa shape index (κ1) is 17.8. The van der Waals surface area contributed by atoms with Gasteiger partial charge in [0.25, 0.3) is 0 Å². The van der Waals surface area contributed by atoms with Crippen LogP contribution in [0.3, 0.4) is 0 Å². The number of nitrogens with one attached hydrogen (secondary N) is 1. The molecule has 1 fully saturated rings. The van der Waals surface area contributed by atoms with Crippen LogP contribution in [0.1, 0.15) is 17.4 Å². The Morgan fingerprint density at radius 3 is 2.48 bits per heavy atom. The van der Waals surface area contributed by atoms with Crippen LogP contribution in [-0.2, 0) is 4.74 Å². The molecular formula is C22H23FN2O2. The summed E-state index contributed by atoms with van der Waals surface area (Å²) in [6.45, 7) is 4.46. The average molecular weight is 366 g/mol. The van der Waals surface area contributed by atoms with Crippen molar-refractivity contribution in [3.63, 3.8) is 0 Å². The summed E-state index contributed by atoms with van der Waals surface area (Å²) in [5.41, 5.74) is 5.28. The monoisotopic (exact) mass is 366 g/mol. The molecule has 27 heavy (non-hydrogen) atoms. The standard InChI is InChI=1S/C22H23FN2O2/c1-15-20(22-14-24-11-12-27-22)13-21(16-3-5-17(23)6-4-16)25(15)18-7-9-19(26-2)10-8-18/h3-10,13,22,24H,11-12,14H2,1-2H3. The van der Waals surface area contributed by atoms with E-state index in [2.05, 4.69) is 22.9 Å². The number of methoxy groups -OCH3 is 1. The predicted octanol–water partition coefficient (Wildman–Crippen LogP) is 4.26. The average Bonchev–Trinajstić information content (AvgIpc) is 3.06. The van der Waals surface area contributed by atoms with Gasteiger partial charge in [0.2, 0.25) is 0 Å². The van der Waals surface area contributed by atoms with Crippen molar-refractivity contribution in [2.75, 3.05) is 26.8 Å². The van der Waals surface area contributed by atoms with Gasteiger partial charge < -0.3 is 19.4 Å². The molecule has 1 aliphatic heterocycles. The maximum atomic E-state index is 13.4. The Morgan fingerprint density at radius 1 is 1.11 bits per heavy atom. The van der Waals surface area contributed by atoms with Crippen molar-refractivity contribution < 1.29 is 13.9 Å². The van der Waals surface area contributed by atoms with E-state index in [1.165, 1.54) is 12.1 Å². The first-order chi connectivity index (χ1) is 13.2. The molecule has 0 amide bonds. The second-order valence-corrected chi connectivity index (χ2v) is 6.67. The molecule has 140 valence electrons. The van der Waals surface area contributed by atoms with E-state index < -0.39 is 0 Å². The summed E-state index contributed by atoms with van der Waals surface area (Å²) in [5, 5.41) is 3.39. The number of hydrogen-bond acceptors (Lipinski definition) is 3. The molecule has 4 rings (SSSR count). The van der Waals surface area contributed by atoms with Gasteiger partial charge in [-0.3, -0.25) is 0 Å². The molecule has 0 spiro atoms. The zero-order chi connectivity index (χ0) is 18.8. The van der Waals surface area contributed by atoms with E-state index >= 15 is 0 Å². The zero-order valence-corrected chi connectivity index (χ0v) is 15.5. The van der Waals surface area contributed by atoms with Crippen molar-refractivity contribution >= 4 is 0 Å². The van der Waals surface area contributed by atoms with Crippen LogP contribution in [0.15, 0.2) is 54.6 Å². The Labute approximate surface area is 158 Å². The smallest absolute Gasteiger partial charge is 0.123 e. The number of hydrogen-bond donors (Lipinski definition) is 1. The minimum absolute atomic E-state index is 0.0115. The van der Waals surface area contributed by atoms with Crippen LogP contribution in [0.25, 0.3) is 16.9 Å². The molecule has 1 aromatic heterocycles. The topological polar surface area (TPSA) is 35.4 Å². The van der Waals surface area contributed by atoms with E-state index in [4.69, 9.17) is 9.47 Å². The van der Waals surface area contributed by atoms with Crippen molar-refractivity contribution in [2.24, 2.45) is 0 Å². The summed E-state index contributed by atoms with van der Waals surface area (Å²) in [6.07, 6.45) is 0.0115. The molecule has 0 radical (unpaired) electrons. The van der Waals surface area contributed by atoms with Crippen LogP contribution in [-0.4, -0.2) is 31.4 Å². The highest BCUT2D eigenvalue weighted by Gasteiger charge is 2.23. The van der Waals surface area contributed by atoms with Crippen LogP contribution >= 0.6 is 0 Å². The number of benzene rings is 2. The van der Waals surface area contributed by atoms with Crippen molar-refractivity contribution in [2.45, 2.75) is 13.0 Å². The Morgan fingerprint density at radius 2 is 1.85 bits per heavy atom. The Kier molecular flexibility index (Phi) is 4.97. The van der Waals surface area contributed by atoms with E-state index in [0.717, 1.165) is 47.0 Å². The number of morpholine rings is 1. The molecule has 2 aromatic carbocycles. The normalized spacial score (nSPS) is 17.1. The van der Waals surface area contributed by atoms with Gasteiger partial charge in [-0.2, -0.15) is 0 Å². The number of rotatable bonds is 4. The SMILES string of the molecule is COc1ccc(-n2c(-c3ccc(F)cc3)cc(C3CNCCO3)c2C)cc1. The van der Waals surface area contributed by atoms with Gasteiger partial charge in [0, 0.05) is 30.0 Å². The fourth-order valence-corrected chi connectivity index (χ4v) is 3.61. The molecule has 5 heteroatoms. The Balaban J connectivity index is 1.85. The third-order valence-electron chi connectivity index (χ3n) is 5.03. The third kappa shape index (κ3) is 3.48. The summed E-state index contributed by atoms with van der Waals surface area (Å²) in [6, 6.07) is 16.7. The van der Waals surface area contributed by atoms with E-state index in [1.807, 2.05) is 36.4 Å². The van der Waals surface area contributed by atoms with Crippen LogP contribution in [0, 0.1) is 12.7 Å². The van der Waals surface area contributed by atoms with Gasteiger partial charge >= 0.3 is 0 Å². The van der Waals surface area contributed by atoms with Gasteiger partial charge in [-0.15, -0.1) is 0 Å². The number of halogens is 1. The minimum atomic E-state index is -0.238. The lowest BCUT2D eigenvalue weighted by Crippen LogP contribution is -2.33. The number of aromatic nitrogens is 1. The van der Waals surface area contributed by atoms with Gasteiger partial charge in [0.1, 0.15) is 11.6 Å². The van der Waals surface area contributed by atoms with Crippen molar-refractivity contribution in [3.05, 3.63) is 71.7 Å². The Hall–Kier alpha value is -2.63. The van der Waals surface area contributed by atoms with Gasteiger partial charge in [0.05, 0.1) is 25.5 Å². The molecule has 2 heterocycles. The van der Waals surface area contributed by atoms with Gasteiger partial charge in [-0.25, -0.2) is 4.39 Å². The fourth-order valence-electron chi connectivity index (χ4n) is 3.61. The quantitative estimate of drug-likeness (QED) is 0.749. The lowest BCUT2D eigenvalue weighted by Gasteiger charge is -2.24. The summed E-state index contributed by atoms with van der Waals surface area (Å²) in [4.78, 5) is 0. The molecule has 0 bridgehead atoms. The molecule has 0 saturated carbocycles. The molecule has 1 aliphatic rings. The number of nitrogens with zero attached hydrogens (tertiary/aromatic N) is 1. The highest BCUT2D eigenvalue weighted by atomic mass is 19.1. The molecule has 4 nitrogen and oxygen atoms in total. The third-order valence-corrected chi connectivity index (χ3v) is 5.03. The first-order valence-corrected chi connectivity index (χ1v) is 9.12. The van der Waals surface area contributed by atoms with Crippen LogP contribution in [0.4, 0.5) is 4.39 Å². The molecule has 0 aliphatic carbocycles. The van der Waals surface area contributed by atoms with E-state index in [-0.39, 0.29) is 11.9 Å². The van der Waals surface area contributed by atoms with Crippen molar-refractivity contribution in [1.82, 2.24) is 9.88 Å². The zero-order valence-electron chi connectivity index (χ0n) is 15.5. The predicted molar refractivity (Wildman–Crippen MR) is 104 cm³/mol. The molecule has 3 aromatic rings. The van der Waals surface area contributed by atoms with Crippen molar-refractivity contribution in [1.29, 1.82) is 0 Å². The second kappa shape index (κ2) is 7.55. The second-order valence-electron chi connectivity index (χ2n) is 6.67. The van der Waals surface area contributed by atoms with Crippen molar-refractivity contribution in [3.8, 4) is 22.7 Å². The lowest BCUT2D eigenvalue weighted by molar-refractivity contribution is 0.0273.